The van der Waals surface area contributed by atoms with Gasteiger partial charge in [0.25, 0.3) is 0 Å². The van der Waals surface area contributed by atoms with Gasteiger partial charge in [0.15, 0.2) is 0 Å². The number of carbonyl (C=O) groups is 1. The summed E-state index contributed by atoms with van der Waals surface area (Å²) < 4.78 is 25.2. The molecule has 0 aromatic rings. The van der Waals surface area contributed by atoms with Gasteiger partial charge in [-0.1, -0.05) is 0 Å². The molecule has 0 N–H and O–H groups in total. The smallest absolute Gasteiger partial charge is 0.225 e. The van der Waals surface area contributed by atoms with E-state index in [-0.39, 0.29) is 23.0 Å². The predicted octanol–water partition coefficient (Wildman–Crippen LogP) is 0.280. The highest BCUT2D eigenvalue weighted by molar-refractivity contribution is 7.89. The van der Waals surface area contributed by atoms with E-state index in [1.54, 1.807) is 11.2 Å². The maximum Gasteiger partial charge on any atom is 0.225 e. The van der Waals surface area contributed by atoms with Crippen molar-refractivity contribution in [1.82, 2.24) is 9.21 Å². The van der Waals surface area contributed by atoms with Crippen molar-refractivity contribution < 1.29 is 13.2 Å². The lowest BCUT2D eigenvalue weighted by atomic mass is 9.79. The van der Waals surface area contributed by atoms with Crippen molar-refractivity contribution in [3.63, 3.8) is 0 Å². The molecule has 1 saturated carbocycles. The Balaban J connectivity index is 1.59. The molecule has 0 atom stereocenters. The first-order chi connectivity index (χ1) is 8.46. The Labute approximate surface area is 108 Å². The third kappa shape index (κ3) is 1.95. The zero-order valence-corrected chi connectivity index (χ0v) is 11.6. The van der Waals surface area contributed by atoms with Crippen molar-refractivity contribution >= 4 is 15.9 Å². The highest BCUT2D eigenvalue weighted by Crippen LogP contribution is 2.43. The van der Waals surface area contributed by atoms with Gasteiger partial charge < -0.3 is 4.90 Å². The number of amides is 1. The van der Waals surface area contributed by atoms with Gasteiger partial charge in [0.1, 0.15) is 0 Å². The molecule has 0 unspecified atom stereocenters. The van der Waals surface area contributed by atoms with Crippen molar-refractivity contribution in [3.05, 3.63) is 0 Å². The number of likely N-dealkylation sites (tertiary alicyclic amines) is 1. The molecular formula is C12H20N2O3S. The molecule has 1 aliphatic carbocycles. The van der Waals surface area contributed by atoms with Crippen molar-refractivity contribution in [2.24, 2.45) is 11.3 Å². The van der Waals surface area contributed by atoms with Gasteiger partial charge in [0.05, 0.1) is 5.75 Å². The summed E-state index contributed by atoms with van der Waals surface area (Å²) in [6, 6.07) is 0. The summed E-state index contributed by atoms with van der Waals surface area (Å²) >= 11 is 0. The van der Waals surface area contributed by atoms with Crippen LogP contribution < -0.4 is 0 Å². The minimum atomic E-state index is -3.06. The van der Waals surface area contributed by atoms with Crippen molar-refractivity contribution in [3.8, 4) is 0 Å². The quantitative estimate of drug-likeness (QED) is 0.741. The highest BCUT2D eigenvalue weighted by atomic mass is 32.2. The fourth-order valence-corrected chi connectivity index (χ4v) is 4.29. The van der Waals surface area contributed by atoms with E-state index in [0.29, 0.717) is 13.1 Å². The Kier molecular flexibility index (Phi) is 2.71. The lowest BCUT2D eigenvalue weighted by molar-refractivity contribution is -0.143. The Bertz CT molecular complexity index is 464. The normalized spacial score (nSPS) is 27.5. The molecular weight excluding hydrogens is 252 g/mol. The van der Waals surface area contributed by atoms with Gasteiger partial charge in [-0.05, 0) is 26.2 Å². The van der Waals surface area contributed by atoms with Gasteiger partial charge in [0, 0.05) is 37.5 Å². The molecule has 2 saturated heterocycles. The van der Waals surface area contributed by atoms with Gasteiger partial charge in [-0.3, -0.25) is 4.79 Å². The maximum atomic E-state index is 11.9. The molecule has 6 heteroatoms. The molecule has 5 nitrogen and oxygen atoms in total. The van der Waals surface area contributed by atoms with Crippen molar-refractivity contribution in [2.75, 3.05) is 31.9 Å². The lowest BCUT2D eigenvalue weighted by Crippen LogP contribution is -2.60. The zero-order valence-electron chi connectivity index (χ0n) is 10.8. The molecule has 1 amide bonds. The predicted molar refractivity (Wildman–Crippen MR) is 67.4 cm³/mol. The first-order valence-electron chi connectivity index (χ1n) is 6.72. The minimum absolute atomic E-state index is 0.0623. The number of sulfonamides is 1. The van der Waals surface area contributed by atoms with Crippen LogP contribution in [0.4, 0.5) is 0 Å². The summed E-state index contributed by atoms with van der Waals surface area (Å²) in [4.78, 5) is 13.8. The number of rotatable bonds is 3. The molecule has 0 bridgehead atoms. The van der Waals surface area contributed by atoms with E-state index < -0.39 is 10.0 Å². The molecule has 0 aromatic carbocycles. The summed E-state index contributed by atoms with van der Waals surface area (Å²) in [6.07, 6.45) is 2.98. The molecule has 2 aliphatic heterocycles. The maximum absolute atomic E-state index is 11.9. The molecule has 2 heterocycles. The lowest BCUT2D eigenvalue weighted by Gasteiger charge is -2.48. The number of hydrogen-bond acceptors (Lipinski definition) is 3. The zero-order chi connectivity index (χ0) is 13.0. The van der Waals surface area contributed by atoms with E-state index in [1.165, 1.54) is 0 Å². The molecule has 18 heavy (non-hydrogen) atoms. The minimum Gasteiger partial charge on any atom is -0.341 e. The summed E-state index contributed by atoms with van der Waals surface area (Å²) in [5.74, 6) is 0.741. The van der Waals surface area contributed by atoms with E-state index >= 15 is 0 Å². The molecule has 3 fully saturated rings. The van der Waals surface area contributed by atoms with Crippen molar-refractivity contribution in [2.45, 2.75) is 26.2 Å². The summed E-state index contributed by atoms with van der Waals surface area (Å²) in [5.41, 5.74) is 0.0623. The number of carbonyl (C=O) groups excluding carboxylic acids is 1. The van der Waals surface area contributed by atoms with E-state index in [4.69, 9.17) is 0 Å². The van der Waals surface area contributed by atoms with Crippen LogP contribution in [0.5, 0.6) is 0 Å². The second kappa shape index (κ2) is 3.93. The Morgan fingerprint density at radius 3 is 2.50 bits per heavy atom. The van der Waals surface area contributed by atoms with Crippen LogP contribution in [-0.2, 0) is 14.8 Å². The fourth-order valence-electron chi connectivity index (χ4n) is 3.08. The van der Waals surface area contributed by atoms with Crippen LogP contribution in [0.3, 0.4) is 0 Å². The standard InChI is InChI=1S/C12H20N2O3S/c1-2-18(16,17)14-6-5-12(9-14)7-13(8-12)11(15)10-3-4-10/h10H,2-9H2,1H3. The average molecular weight is 272 g/mol. The van der Waals surface area contributed by atoms with Gasteiger partial charge >= 0.3 is 0 Å². The van der Waals surface area contributed by atoms with Crippen LogP contribution in [-0.4, -0.2) is 55.5 Å². The first-order valence-corrected chi connectivity index (χ1v) is 8.33. The van der Waals surface area contributed by atoms with E-state index in [1.807, 2.05) is 4.90 Å². The summed E-state index contributed by atoms with van der Waals surface area (Å²) in [6.45, 7) is 4.44. The largest absolute Gasteiger partial charge is 0.341 e. The van der Waals surface area contributed by atoms with Crippen LogP contribution in [0.2, 0.25) is 0 Å². The van der Waals surface area contributed by atoms with Crippen LogP contribution in [0.25, 0.3) is 0 Å². The van der Waals surface area contributed by atoms with Gasteiger partial charge in [-0.15, -0.1) is 0 Å². The first kappa shape index (κ1) is 12.4. The van der Waals surface area contributed by atoms with Crippen LogP contribution in [0.15, 0.2) is 0 Å². The second-order valence-corrected chi connectivity index (χ2v) is 8.21. The van der Waals surface area contributed by atoms with Crippen LogP contribution in [0, 0.1) is 11.3 Å². The molecule has 0 radical (unpaired) electrons. The van der Waals surface area contributed by atoms with Crippen molar-refractivity contribution in [1.29, 1.82) is 0 Å². The summed E-state index contributed by atoms with van der Waals surface area (Å²) in [5, 5.41) is 0. The average Bonchev–Trinajstić information content (AvgIpc) is 3.04. The van der Waals surface area contributed by atoms with E-state index in [0.717, 1.165) is 32.4 Å². The molecule has 102 valence electrons. The van der Waals surface area contributed by atoms with Gasteiger partial charge in [-0.25, -0.2) is 12.7 Å². The van der Waals surface area contributed by atoms with Crippen LogP contribution >= 0.6 is 0 Å². The van der Waals surface area contributed by atoms with E-state index in [9.17, 15) is 13.2 Å². The fraction of sp³-hybridized carbons (Fsp3) is 0.917. The molecule has 0 aromatic heterocycles. The number of nitrogens with zero attached hydrogens (tertiary/aromatic N) is 2. The SMILES string of the molecule is CCS(=O)(=O)N1CCC2(CN(C(=O)C3CC3)C2)C1. The highest BCUT2D eigenvalue weighted by Gasteiger charge is 2.52. The molecule has 3 aliphatic rings. The third-order valence-electron chi connectivity index (χ3n) is 4.45. The Morgan fingerprint density at radius 2 is 1.94 bits per heavy atom. The van der Waals surface area contributed by atoms with Crippen LogP contribution in [0.1, 0.15) is 26.2 Å². The number of hydrogen-bond donors (Lipinski definition) is 0. The third-order valence-corrected chi connectivity index (χ3v) is 6.28. The van der Waals surface area contributed by atoms with E-state index in [2.05, 4.69) is 0 Å². The summed E-state index contributed by atoms with van der Waals surface area (Å²) in [7, 11) is -3.06. The van der Waals surface area contributed by atoms with Gasteiger partial charge in [-0.2, -0.15) is 0 Å². The molecule has 1 spiro atoms. The Morgan fingerprint density at radius 1 is 1.28 bits per heavy atom. The second-order valence-electron chi connectivity index (χ2n) is 5.95. The topological polar surface area (TPSA) is 57.7 Å². The monoisotopic (exact) mass is 272 g/mol. The molecule has 3 rings (SSSR count). The van der Waals surface area contributed by atoms with Gasteiger partial charge in [0.2, 0.25) is 15.9 Å². The Hall–Kier alpha value is -0.620.